The fraction of sp³-hybridized carbons (Fsp3) is 0. The van der Waals surface area contributed by atoms with Crippen molar-refractivity contribution in [2.24, 2.45) is 0 Å². The molecule has 5 heteroatoms. The molecular formula is C51H32N4O. The van der Waals surface area contributed by atoms with Crippen LogP contribution in [0.4, 0.5) is 0 Å². The van der Waals surface area contributed by atoms with E-state index in [1.807, 2.05) is 42.5 Å². The van der Waals surface area contributed by atoms with E-state index in [4.69, 9.17) is 19.4 Å². The molecule has 0 unspecified atom stereocenters. The van der Waals surface area contributed by atoms with E-state index in [0.717, 1.165) is 66.5 Å². The first-order valence-electron chi connectivity index (χ1n) is 18.8. The summed E-state index contributed by atoms with van der Waals surface area (Å²) in [7, 11) is 0. The third kappa shape index (κ3) is 5.29. The second-order valence-electron chi connectivity index (χ2n) is 14.0. The Morgan fingerprint density at radius 3 is 1.52 bits per heavy atom. The van der Waals surface area contributed by atoms with Crippen LogP contribution in [0.1, 0.15) is 0 Å². The minimum absolute atomic E-state index is 0.553. The van der Waals surface area contributed by atoms with Crippen molar-refractivity contribution in [1.29, 1.82) is 0 Å². The first kappa shape index (κ1) is 31.9. The summed E-state index contributed by atoms with van der Waals surface area (Å²) < 4.78 is 9.35. The molecule has 0 fully saturated rings. The fourth-order valence-corrected chi connectivity index (χ4v) is 7.98. The van der Waals surface area contributed by atoms with Gasteiger partial charge in [-0.3, -0.25) is 0 Å². The Labute approximate surface area is 322 Å². The van der Waals surface area contributed by atoms with Crippen LogP contribution in [0.3, 0.4) is 0 Å². The third-order valence-electron chi connectivity index (χ3n) is 10.7. The van der Waals surface area contributed by atoms with E-state index in [2.05, 4.69) is 156 Å². The van der Waals surface area contributed by atoms with Crippen molar-refractivity contribution < 1.29 is 4.42 Å². The Hall–Kier alpha value is -7.63. The molecule has 11 aromatic rings. The van der Waals surface area contributed by atoms with Gasteiger partial charge in [-0.1, -0.05) is 164 Å². The zero-order chi connectivity index (χ0) is 37.0. The van der Waals surface area contributed by atoms with Gasteiger partial charge >= 0.3 is 0 Å². The largest absolute Gasteiger partial charge is 0.453 e. The lowest BCUT2D eigenvalue weighted by Crippen LogP contribution is -2.00. The van der Waals surface area contributed by atoms with E-state index in [0.29, 0.717) is 17.5 Å². The van der Waals surface area contributed by atoms with Gasteiger partial charge in [-0.25, -0.2) is 15.0 Å². The van der Waals surface area contributed by atoms with Crippen molar-refractivity contribution in [3.63, 3.8) is 0 Å². The number of benzene rings is 8. The van der Waals surface area contributed by atoms with Crippen molar-refractivity contribution in [2.45, 2.75) is 0 Å². The maximum Gasteiger partial charge on any atom is 0.167 e. The molecule has 11 rings (SSSR count). The van der Waals surface area contributed by atoms with Gasteiger partial charge in [0, 0.05) is 32.7 Å². The fourth-order valence-electron chi connectivity index (χ4n) is 7.98. The molecule has 262 valence electrons. The zero-order valence-electron chi connectivity index (χ0n) is 30.2. The molecular weight excluding hydrogens is 685 g/mol. The van der Waals surface area contributed by atoms with Crippen LogP contribution in [-0.4, -0.2) is 19.5 Å². The average Bonchev–Trinajstić information content (AvgIpc) is 3.83. The van der Waals surface area contributed by atoms with Crippen LogP contribution in [-0.2, 0) is 0 Å². The van der Waals surface area contributed by atoms with Crippen molar-refractivity contribution in [2.75, 3.05) is 0 Å². The molecule has 0 aliphatic carbocycles. The van der Waals surface area contributed by atoms with Crippen LogP contribution >= 0.6 is 0 Å². The maximum absolute atomic E-state index is 7.02. The molecule has 8 aromatic carbocycles. The molecule has 0 spiro atoms. The normalized spacial score (nSPS) is 11.6. The Kier molecular flexibility index (Phi) is 7.42. The quantitative estimate of drug-likeness (QED) is 0.172. The molecule has 0 saturated carbocycles. The van der Waals surface area contributed by atoms with Gasteiger partial charge in [0.25, 0.3) is 0 Å². The first-order valence-corrected chi connectivity index (χ1v) is 18.8. The second kappa shape index (κ2) is 13.0. The van der Waals surface area contributed by atoms with Crippen molar-refractivity contribution >= 4 is 43.7 Å². The molecule has 3 aromatic heterocycles. The van der Waals surface area contributed by atoms with Crippen LogP contribution < -0.4 is 0 Å². The summed E-state index contributed by atoms with van der Waals surface area (Å²) in [4.78, 5) is 15.2. The summed E-state index contributed by atoms with van der Waals surface area (Å²) in [5.74, 6) is 1.76. The molecule has 0 aliphatic heterocycles. The van der Waals surface area contributed by atoms with E-state index in [9.17, 15) is 0 Å². The molecule has 5 nitrogen and oxygen atoms in total. The summed E-state index contributed by atoms with van der Waals surface area (Å²) in [6.07, 6.45) is 0. The number of aromatic nitrogens is 4. The SMILES string of the molecule is c1ccc(-c2ccc(-c3nc(-c4ccccc4)nc(-c4cccc5c4oc4c(-n6c7ccccc7c7cc(-c8ccccc8)ccc76)cccc45)n3)cc2)cc1. The Bertz CT molecular complexity index is 3220. The van der Waals surface area contributed by atoms with Gasteiger partial charge in [-0.05, 0) is 52.6 Å². The van der Waals surface area contributed by atoms with Crippen LogP contribution in [0.2, 0.25) is 0 Å². The smallest absolute Gasteiger partial charge is 0.167 e. The third-order valence-corrected chi connectivity index (χ3v) is 10.7. The standard InChI is InChI=1S/C51H32N4O/c1-4-14-33(15-5-1)35-26-28-37(29-27-35)50-52-49(36-18-8-3-9-19-36)53-51(54-50)42-23-12-21-40-41-22-13-25-46(48(41)56-47(40)42)55-44-24-11-10-20-39(44)43-32-38(30-31-45(43)55)34-16-6-2-7-17-34/h1-32H. The highest BCUT2D eigenvalue weighted by molar-refractivity contribution is 6.14. The summed E-state index contributed by atoms with van der Waals surface area (Å²) in [5, 5.41) is 4.41. The van der Waals surface area contributed by atoms with Crippen LogP contribution in [0.5, 0.6) is 0 Å². The van der Waals surface area contributed by atoms with Crippen LogP contribution in [0.25, 0.3) is 106 Å². The topological polar surface area (TPSA) is 56.7 Å². The summed E-state index contributed by atoms with van der Waals surface area (Å²) >= 11 is 0. The van der Waals surface area contributed by atoms with Gasteiger partial charge in [0.1, 0.15) is 5.58 Å². The van der Waals surface area contributed by atoms with Gasteiger partial charge < -0.3 is 8.98 Å². The molecule has 0 aliphatic rings. The predicted octanol–water partition coefficient (Wildman–Crippen LogP) is 13.2. The zero-order valence-corrected chi connectivity index (χ0v) is 30.2. The van der Waals surface area contributed by atoms with Gasteiger partial charge in [-0.15, -0.1) is 0 Å². The Balaban J connectivity index is 1.10. The lowest BCUT2D eigenvalue weighted by molar-refractivity contribution is 0.667. The molecule has 0 N–H and O–H groups in total. The molecule has 0 amide bonds. The van der Waals surface area contributed by atoms with Crippen molar-refractivity contribution in [3.8, 4) is 62.1 Å². The number of hydrogen-bond donors (Lipinski definition) is 0. The first-order chi connectivity index (χ1) is 27.8. The Morgan fingerprint density at radius 1 is 0.321 bits per heavy atom. The minimum Gasteiger partial charge on any atom is -0.453 e. The summed E-state index contributed by atoms with van der Waals surface area (Å²) in [5.41, 5.74) is 12.1. The summed E-state index contributed by atoms with van der Waals surface area (Å²) in [6.45, 7) is 0. The molecule has 56 heavy (non-hydrogen) atoms. The van der Waals surface area contributed by atoms with E-state index in [-0.39, 0.29) is 0 Å². The number of rotatable bonds is 6. The van der Waals surface area contributed by atoms with Gasteiger partial charge in [0.05, 0.1) is 22.3 Å². The summed E-state index contributed by atoms with van der Waals surface area (Å²) in [6, 6.07) is 67.4. The highest BCUT2D eigenvalue weighted by atomic mass is 16.3. The maximum atomic E-state index is 7.02. The van der Waals surface area contributed by atoms with E-state index in [1.54, 1.807) is 0 Å². The van der Waals surface area contributed by atoms with E-state index < -0.39 is 0 Å². The molecule has 3 heterocycles. The van der Waals surface area contributed by atoms with Crippen molar-refractivity contribution in [1.82, 2.24) is 19.5 Å². The lowest BCUT2D eigenvalue weighted by Gasteiger charge is -2.09. The van der Waals surface area contributed by atoms with Crippen LogP contribution in [0.15, 0.2) is 199 Å². The van der Waals surface area contributed by atoms with Crippen molar-refractivity contribution in [3.05, 3.63) is 194 Å². The molecule has 0 atom stereocenters. The van der Waals surface area contributed by atoms with Crippen LogP contribution in [0, 0.1) is 0 Å². The predicted molar refractivity (Wildman–Crippen MR) is 229 cm³/mol. The highest BCUT2D eigenvalue weighted by Crippen LogP contribution is 2.41. The molecule has 0 radical (unpaired) electrons. The lowest BCUT2D eigenvalue weighted by atomic mass is 10.0. The Morgan fingerprint density at radius 2 is 0.804 bits per heavy atom. The number of furan rings is 1. The van der Waals surface area contributed by atoms with Gasteiger partial charge in [-0.2, -0.15) is 0 Å². The monoisotopic (exact) mass is 716 g/mol. The van der Waals surface area contributed by atoms with Gasteiger partial charge in [0.2, 0.25) is 0 Å². The number of para-hydroxylation sites is 3. The highest BCUT2D eigenvalue weighted by Gasteiger charge is 2.21. The van der Waals surface area contributed by atoms with Gasteiger partial charge in [0.15, 0.2) is 23.1 Å². The molecule has 0 bridgehead atoms. The van der Waals surface area contributed by atoms with E-state index in [1.165, 1.54) is 21.9 Å². The molecule has 0 saturated heterocycles. The second-order valence-corrected chi connectivity index (χ2v) is 14.0. The van der Waals surface area contributed by atoms with E-state index >= 15 is 0 Å². The number of nitrogens with zero attached hydrogens (tertiary/aromatic N) is 4. The average molecular weight is 717 g/mol. The number of fused-ring (bicyclic) bond motifs is 6. The minimum atomic E-state index is 0.553. The number of hydrogen-bond acceptors (Lipinski definition) is 4.